The van der Waals surface area contributed by atoms with Crippen molar-refractivity contribution >= 4 is 0 Å². The second kappa shape index (κ2) is 12.5. The maximum atomic E-state index is 12.5. The number of methoxy groups -OCH3 is 1. The molecular formula is C29H42N4O3. The average molecular weight is 495 g/mol. The number of likely N-dealkylation sites (tertiary alicyclic amines) is 2. The lowest BCUT2D eigenvalue weighted by Crippen LogP contribution is -2.48. The third-order valence-corrected chi connectivity index (χ3v) is 7.60. The average Bonchev–Trinajstić information content (AvgIpc) is 3.34. The Morgan fingerprint density at radius 1 is 1.03 bits per heavy atom. The molecule has 2 fully saturated rings. The maximum Gasteiger partial charge on any atom is 0.133 e. The van der Waals surface area contributed by atoms with Crippen LogP contribution in [-0.2, 0) is 10.3 Å². The molecule has 0 aromatic heterocycles. The number of nitrogens with two attached hydrogens (primary N) is 2. The van der Waals surface area contributed by atoms with Crippen molar-refractivity contribution in [1.29, 1.82) is 0 Å². The van der Waals surface area contributed by atoms with Gasteiger partial charge in [-0.05, 0) is 56.7 Å². The van der Waals surface area contributed by atoms with Gasteiger partial charge in [-0.2, -0.15) is 0 Å². The highest BCUT2D eigenvalue weighted by atomic mass is 16.5. The number of unbranched alkanes of at least 4 members (excludes halogenated alkanes) is 1. The summed E-state index contributed by atoms with van der Waals surface area (Å²) in [5.41, 5.74) is 12.1. The van der Waals surface area contributed by atoms with Gasteiger partial charge in [-0.25, -0.2) is 0 Å². The van der Waals surface area contributed by atoms with E-state index in [9.17, 15) is 5.11 Å². The van der Waals surface area contributed by atoms with Crippen molar-refractivity contribution in [3.05, 3.63) is 72.2 Å². The molecule has 3 atom stereocenters. The number of benzene rings is 2. The Balaban J connectivity index is 1.62. The number of para-hydroxylation sites is 2. The van der Waals surface area contributed by atoms with Crippen molar-refractivity contribution in [1.82, 2.24) is 9.80 Å². The highest BCUT2D eigenvalue weighted by molar-refractivity contribution is 5.42. The number of ether oxygens (including phenoxy) is 2. The number of rotatable bonds is 11. The number of nitrogens with zero attached hydrogens (tertiary/aromatic N) is 2. The molecule has 2 heterocycles. The lowest BCUT2D eigenvalue weighted by atomic mass is 9.73. The van der Waals surface area contributed by atoms with E-state index >= 15 is 0 Å². The molecule has 0 radical (unpaired) electrons. The van der Waals surface area contributed by atoms with Crippen LogP contribution in [0.2, 0.25) is 0 Å². The molecule has 0 aliphatic carbocycles. The van der Waals surface area contributed by atoms with Gasteiger partial charge in [-0.3, -0.25) is 0 Å². The summed E-state index contributed by atoms with van der Waals surface area (Å²) in [6, 6.07) is 17.9. The fourth-order valence-electron chi connectivity index (χ4n) is 5.71. The van der Waals surface area contributed by atoms with Crippen molar-refractivity contribution in [2.24, 2.45) is 17.4 Å². The molecule has 5 N–H and O–H groups in total. The molecule has 2 saturated heterocycles. The first kappa shape index (κ1) is 26.3. The van der Waals surface area contributed by atoms with E-state index in [0.717, 1.165) is 75.4 Å². The predicted molar refractivity (Wildman–Crippen MR) is 143 cm³/mol. The number of aliphatic hydroxyl groups is 1. The zero-order valence-corrected chi connectivity index (χ0v) is 21.5. The predicted octanol–water partition coefficient (Wildman–Crippen LogP) is 3.99. The first-order valence-corrected chi connectivity index (χ1v) is 13.3. The van der Waals surface area contributed by atoms with Gasteiger partial charge in [0.1, 0.15) is 17.3 Å². The Bertz CT molecular complexity index is 985. The van der Waals surface area contributed by atoms with Crippen molar-refractivity contribution in [3.63, 3.8) is 0 Å². The minimum absolute atomic E-state index is 0.0283. The highest BCUT2D eigenvalue weighted by Gasteiger charge is 2.43. The van der Waals surface area contributed by atoms with Crippen LogP contribution in [0, 0.1) is 5.92 Å². The molecule has 2 aliphatic heterocycles. The summed E-state index contributed by atoms with van der Waals surface area (Å²) in [5.74, 6) is 2.52. The maximum absolute atomic E-state index is 12.5. The Hall–Kier alpha value is -2.74. The van der Waals surface area contributed by atoms with Crippen LogP contribution in [0.1, 0.15) is 44.1 Å². The van der Waals surface area contributed by atoms with Crippen LogP contribution in [0.25, 0.3) is 0 Å². The van der Waals surface area contributed by atoms with E-state index < -0.39 is 5.60 Å². The molecule has 2 aliphatic rings. The molecule has 0 bridgehead atoms. The van der Waals surface area contributed by atoms with Crippen molar-refractivity contribution in [2.75, 3.05) is 39.9 Å². The van der Waals surface area contributed by atoms with Gasteiger partial charge >= 0.3 is 0 Å². The zero-order chi connectivity index (χ0) is 25.4. The van der Waals surface area contributed by atoms with E-state index in [2.05, 4.69) is 9.80 Å². The quantitative estimate of drug-likeness (QED) is 0.407. The van der Waals surface area contributed by atoms with Gasteiger partial charge in [0.15, 0.2) is 0 Å². The highest BCUT2D eigenvalue weighted by Crippen LogP contribution is 2.44. The van der Waals surface area contributed by atoms with Crippen molar-refractivity contribution in [2.45, 2.75) is 50.2 Å². The van der Waals surface area contributed by atoms with E-state index in [4.69, 9.17) is 20.9 Å². The van der Waals surface area contributed by atoms with Crippen LogP contribution in [0.3, 0.4) is 0 Å². The second-order valence-electron chi connectivity index (χ2n) is 10.1. The van der Waals surface area contributed by atoms with Crippen LogP contribution < -0.4 is 16.2 Å². The molecular weight excluding hydrogens is 452 g/mol. The van der Waals surface area contributed by atoms with Crippen LogP contribution in [0.5, 0.6) is 11.5 Å². The van der Waals surface area contributed by atoms with E-state index in [-0.39, 0.29) is 12.0 Å². The first-order valence-electron chi connectivity index (χ1n) is 13.3. The van der Waals surface area contributed by atoms with Gasteiger partial charge in [-0.15, -0.1) is 0 Å². The normalized spacial score (nSPS) is 22.5. The summed E-state index contributed by atoms with van der Waals surface area (Å²) >= 11 is 0. The van der Waals surface area contributed by atoms with Crippen LogP contribution in [0.15, 0.2) is 66.6 Å². The summed E-state index contributed by atoms with van der Waals surface area (Å²) in [6.07, 6.45) is 7.02. The minimum Gasteiger partial charge on any atom is -0.457 e. The number of hydrogen-bond acceptors (Lipinski definition) is 7. The molecule has 0 amide bonds. The summed E-state index contributed by atoms with van der Waals surface area (Å²) < 4.78 is 11.6. The molecule has 2 aromatic carbocycles. The molecule has 196 valence electrons. The molecule has 0 saturated carbocycles. The van der Waals surface area contributed by atoms with Gasteiger partial charge < -0.3 is 35.8 Å². The smallest absolute Gasteiger partial charge is 0.133 e. The first-order chi connectivity index (χ1) is 17.5. The van der Waals surface area contributed by atoms with Gasteiger partial charge in [0, 0.05) is 63.6 Å². The molecule has 7 heteroatoms. The van der Waals surface area contributed by atoms with Gasteiger partial charge in [0.05, 0.1) is 5.60 Å². The molecule has 7 nitrogen and oxygen atoms in total. The van der Waals surface area contributed by atoms with Crippen LogP contribution in [0.4, 0.5) is 0 Å². The van der Waals surface area contributed by atoms with E-state index in [1.807, 2.05) is 54.6 Å². The van der Waals surface area contributed by atoms with Gasteiger partial charge in [0.2, 0.25) is 0 Å². The van der Waals surface area contributed by atoms with Gasteiger partial charge in [-0.1, -0.05) is 36.4 Å². The fraction of sp³-hybridized carbons (Fsp3) is 0.517. The SMILES string of the molecule is COCCCC[C@@](O)(c1ccccc1Oc1ccccc1)[C@@H]1CCCN(/C(=C/N)N2CCC(N)C2)C1. The third-order valence-electron chi connectivity index (χ3n) is 7.60. The Morgan fingerprint density at radius 3 is 2.50 bits per heavy atom. The van der Waals surface area contributed by atoms with Crippen LogP contribution in [-0.4, -0.2) is 60.8 Å². The fourth-order valence-corrected chi connectivity index (χ4v) is 5.71. The van der Waals surface area contributed by atoms with Crippen LogP contribution >= 0.6 is 0 Å². The molecule has 2 aromatic rings. The Labute approximate surface area is 215 Å². The van der Waals surface area contributed by atoms with Crippen molar-refractivity contribution < 1.29 is 14.6 Å². The summed E-state index contributed by atoms with van der Waals surface area (Å²) in [6.45, 7) is 4.08. The molecule has 0 spiro atoms. The lowest BCUT2D eigenvalue weighted by molar-refractivity contribution is -0.0617. The van der Waals surface area contributed by atoms with E-state index in [0.29, 0.717) is 18.8 Å². The molecule has 1 unspecified atom stereocenters. The lowest BCUT2D eigenvalue weighted by Gasteiger charge is -2.45. The van der Waals surface area contributed by atoms with Gasteiger partial charge in [0.25, 0.3) is 0 Å². The second-order valence-corrected chi connectivity index (χ2v) is 10.1. The van der Waals surface area contributed by atoms with Crippen molar-refractivity contribution in [3.8, 4) is 11.5 Å². The Morgan fingerprint density at radius 2 is 1.78 bits per heavy atom. The zero-order valence-electron chi connectivity index (χ0n) is 21.5. The minimum atomic E-state index is -1.04. The van der Waals surface area contributed by atoms with E-state index in [1.165, 1.54) is 0 Å². The number of hydrogen-bond donors (Lipinski definition) is 3. The Kier molecular flexibility index (Phi) is 9.13. The number of piperidine rings is 1. The summed E-state index contributed by atoms with van der Waals surface area (Å²) in [5, 5.41) is 12.5. The topological polar surface area (TPSA) is 97.2 Å². The van der Waals surface area contributed by atoms with E-state index in [1.54, 1.807) is 13.3 Å². The largest absolute Gasteiger partial charge is 0.457 e. The standard InChI is InChI=1S/C29H42N4O3/c1-35-19-8-7-16-29(34,26-13-5-6-14-27(26)36-25-11-3-2-4-12-25)23-10-9-17-32(21-23)28(20-30)33-18-15-24(31)22-33/h2-6,11-14,20,23-24,34H,7-10,15-19,21-22,30-31H2,1H3/b28-20-/t23-,24?,29+/m1/s1. The monoisotopic (exact) mass is 494 g/mol. The third kappa shape index (κ3) is 6.14. The molecule has 4 rings (SSSR count). The molecule has 36 heavy (non-hydrogen) atoms. The summed E-state index contributed by atoms with van der Waals surface area (Å²) in [4.78, 5) is 4.63. The summed E-state index contributed by atoms with van der Waals surface area (Å²) in [7, 11) is 1.72.